The summed E-state index contributed by atoms with van der Waals surface area (Å²) in [6.45, 7) is 1.41. The quantitative estimate of drug-likeness (QED) is 0.596. The van der Waals surface area contributed by atoms with Gasteiger partial charge in [0.25, 0.3) is 0 Å². The highest BCUT2D eigenvalue weighted by Crippen LogP contribution is 2.18. The fourth-order valence-electron chi connectivity index (χ4n) is 1.33. The summed E-state index contributed by atoms with van der Waals surface area (Å²) in [6, 6.07) is 3.09. The van der Waals surface area contributed by atoms with E-state index in [2.05, 4.69) is 14.6 Å². The van der Waals surface area contributed by atoms with Crippen LogP contribution >= 0.6 is 0 Å². The van der Waals surface area contributed by atoms with E-state index in [1.807, 2.05) is 14.1 Å². The van der Waals surface area contributed by atoms with Gasteiger partial charge in [0.15, 0.2) is 5.69 Å². The van der Waals surface area contributed by atoms with E-state index in [-0.39, 0.29) is 11.6 Å². The van der Waals surface area contributed by atoms with Gasteiger partial charge in [-0.25, -0.2) is 9.78 Å². The van der Waals surface area contributed by atoms with Crippen molar-refractivity contribution in [3.05, 3.63) is 17.8 Å². The number of carbonyl (C=O) groups excluding carboxylic acids is 1. The molecule has 0 atom stereocenters. The van der Waals surface area contributed by atoms with Gasteiger partial charge in [0, 0.05) is 6.54 Å². The molecule has 6 heteroatoms. The maximum Gasteiger partial charge on any atom is 0.356 e. The van der Waals surface area contributed by atoms with Crippen LogP contribution in [-0.4, -0.2) is 50.2 Å². The molecule has 0 aromatic carbocycles. The van der Waals surface area contributed by atoms with Gasteiger partial charge in [0.1, 0.15) is 0 Å². The number of hydrogen-bond acceptors (Lipinski definition) is 6. The average molecular weight is 253 g/mol. The first-order valence-corrected chi connectivity index (χ1v) is 5.67. The number of pyridine rings is 1. The number of esters is 1. The second-order valence-corrected chi connectivity index (χ2v) is 4.09. The van der Waals surface area contributed by atoms with Crippen LogP contribution in [0.1, 0.15) is 16.9 Å². The first-order chi connectivity index (χ1) is 8.54. The molecule has 1 heterocycles. The molecule has 1 aromatic rings. The minimum absolute atomic E-state index is 0.189. The minimum atomic E-state index is -0.506. The van der Waals surface area contributed by atoms with E-state index < -0.39 is 5.97 Å². The van der Waals surface area contributed by atoms with Gasteiger partial charge in [-0.05, 0) is 32.6 Å². The standard InChI is InChI=1S/C12H19N3O3/c1-15(2)7-4-8-18-11-9(13)5-6-10(14-11)12(16)17-3/h5-6H,4,7-8,13H2,1-3H3. The van der Waals surface area contributed by atoms with Gasteiger partial charge >= 0.3 is 5.97 Å². The van der Waals surface area contributed by atoms with Gasteiger partial charge in [-0.2, -0.15) is 0 Å². The summed E-state index contributed by atoms with van der Waals surface area (Å²) in [5.41, 5.74) is 6.32. The largest absolute Gasteiger partial charge is 0.476 e. The molecule has 2 N–H and O–H groups in total. The number of ether oxygens (including phenoxy) is 2. The first kappa shape index (κ1) is 14.2. The van der Waals surface area contributed by atoms with Crippen LogP contribution in [0, 0.1) is 0 Å². The molecule has 1 aromatic heterocycles. The molecular formula is C12H19N3O3. The summed E-state index contributed by atoms with van der Waals surface area (Å²) in [5.74, 6) is -0.232. The molecule has 1 rings (SSSR count). The Morgan fingerprint density at radius 1 is 1.44 bits per heavy atom. The number of nitrogens with zero attached hydrogens (tertiary/aromatic N) is 2. The molecule has 0 saturated heterocycles. The van der Waals surface area contributed by atoms with Crippen molar-refractivity contribution < 1.29 is 14.3 Å². The van der Waals surface area contributed by atoms with Crippen LogP contribution < -0.4 is 10.5 Å². The predicted octanol–water partition coefficient (Wildman–Crippen LogP) is 0.781. The third kappa shape index (κ3) is 4.21. The maximum absolute atomic E-state index is 11.3. The van der Waals surface area contributed by atoms with Crippen molar-refractivity contribution in [2.75, 3.05) is 40.1 Å². The van der Waals surface area contributed by atoms with Crippen LogP contribution in [0.15, 0.2) is 12.1 Å². The molecular weight excluding hydrogens is 234 g/mol. The number of rotatable bonds is 6. The summed E-state index contributed by atoms with van der Waals surface area (Å²) >= 11 is 0. The van der Waals surface area contributed by atoms with Gasteiger partial charge in [-0.1, -0.05) is 0 Å². The maximum atomic E-state index is 11.3. The third-order valence-electron chi connectivity index (χ3n) is 2.27. The van der Waals surface area contributed by atoms with Crippen LogP contribution in [0.25, 0.3) is 0 Å². The minimum Gasteiger partial charge on any atom is -0.476 e. The van der Waals surface area contributed by atoms with Gasteiger partial charge in [0.05, 0.1) is 19.4 Å². The Balaban J connectivity index is 2.61. The molecule has 0 aliphatic heterocycles. The fraction of sp³-hybridized carbons (Fsp3) is 0.500. The summed E-state index contributed by atoms with van der Waals surface area (Å²) in [4.78, 5) is 17.4. The van der Waals surface area contributed by atoms with Gasteiger partial charge in [-0.15, -0.1) is 0 Å². The normalized spacial score (nSPS) is 10.4. The Labute approximate surface area is 107 Å². The summed E-state index contributed by atoms with van der Waals surface area (Å²) in [5, 5.41) is 0. The third-order valence-corrected chi connectivity index (χ3v) is 2.27. The second-order valence-electron chi connectivity index (χ2n) is 4.09. The van der Waals surface area contributed by atoms with Crippen LogP contribution in [-0.2, 0) is 4.74 Å². The highest BCUT2D eigenvalue weighted by atomic mass is 16.5. The molecule has 100 valence electrons. The average Bonchev–Trinajstić information content (AvgIpc) is 2.35. The lowest BCUT2D eigenvalue weighted by Gasteiger charge is -2.11. The highest BCUT2D eigenvalue weighted by Gasteiger charge is 2.11. The van der Waals surface area contributed by atoms with Crippen molar-refractivity contribution in [3.8, 4) is 5.88 Å². The Kier molecular flexibility index (Phi) is 5.38. The SMILES string of the molecule is COC(=O)c1ccc(N)c(OCCCN(C)C)n1. The molecule has 0 aliphatic rings. The van der Waals surface area contributed by atoms with Gasteiger partial charge < -0.3 is 20.1 Å². The van der Waals surface area contributed by atoms with Crippen molar-refractivity contribution in [2.45, 2.75) is 6.42 Å². The predicted molar refractivity (Wildman–Crippen MR) is 68.7 cm³/mol. The van der Waals surface area contributed by atoms with Crippen molar-refractivity contribution >= 4 is 11.7 Å². The van der Waals surface area contributed by atoms with E-state index in [4.69, 9.17) is 10.5 Å². The first-order valence-electron chi connectivity index (χ1n) is 5.67. The molecule has 0 spiro atoms. The van der Waals surface area contributed by atoms with Crippen LogP contribution in [0.3, 0.4) is 0 Å². The molecule has 6 nitrogen and oxygen atoms in total. The second kappa shape index (κ2) is 6.80. The lowest BCUT2D eigenvalue weighted by molar-refractivity contribution is 0.0593. The van der Waals surface area contributed by atoms with E-state index in [0.29, 0.717) is 12.3 Å². The lowest BCUT2D eigenvalue weighted by atomic mass is 10.3. The number of nitrogens with two attached hydrogens (primary N) is 1. The zero-order chi connectivity index (χ0) is 13.5. The summed E-state index contributed by atoms with van der Waals surface area (Å²) < 4.78 is 10.0. The fourth-order valence-corrected chi connectivity index (χ4v) is 1.33. The number of anilines is 1. The topological polar surface area (TPSA) is 77.7 Å². The van der Waals surface area contributed by atoms with E-state index >= 15 is 0 Å². The molecule has 0 saturated carbocycles. The van der Waals surface area contributed by atoms with Crippen molar-refractivity contribution in [3.63, 3.8) is 0 Å². The molecule has 0 bridgehead atoms. The number of carbonyl (C=O) groups is 1. The molecule has 0 amide bonds. The van der Waals surface area contributed by atoms with Crippen LogP contribution in [0.5, 0.6) is 5.88 Å². The summed E-state index contributed by atoms with van der Waals surface area (Å²) in [6.07, 6.45) is 0.858. The van der Waals surface area contributed by atoms with E-state index in [9.17, 15) is 4.79 Å². The van der Waals surface area contributed by atoms with Crippen LogP contribution in [0.4, 0.5) is 5.69 Å². The van der Waals surface area contributed by atoms with Gasteiger partial charge in [-0.3, -0.25) is 0 Å². The monoisotopic (exact) mass is 253 g/mol. The number of hydrogen-bond donors (Lipinski definition) is 1. The zero-order valence-electron chi connectivity index (χ0n) is 11.0. The Morgan fingerprint density at radius 3 is 2.78 bits per heavy atom. The molecule has 0 unspecified atom stereocenters. The molecule has 0 radical (unpaired) electrons. The zero-order valence-corrected chi connectivity index (χ0v) is 11.0. The van der Waals surface area contributed by atoms with Crippen LogP contribution in [0.2, 0.25) is 0 Å². The van der Waals surface area contributed by atoms with E-state index in [1.165, 1.54) is 13.2 Å². The van der Waals surface area contributed by atoms with Crippen molar-refractivity contribution in [1.29, 1.82) is 0 Å². The number of aromatic nitrogens is 1. The lowest BCUT2D eigenvalue weighted by Crippen LogP contribution is -2.16. The van der Waals surface area contributed by atoms with Crippen molar-refractivity contribution in [2.24, 2.45) is 0 Å². The molecule has 0 fully saturated rings. The molecule has 18 heavy (non-hydrogen) atoms. The molecule has 0 aliphatic carbocycles. The Hall–Kier alpha value is -1.82. The van der Waals surface area contributed by atoms with Gasteiger partial charge in [0.2, 0.25) is 5.88 Å². The highest BCUT2D eigenvalue weighted by molar-refractivity contribution is 5.87. The number of nitrogen functional groups attached to an aromatic ring is 1. The smallest absolute Gasteiger partial charge is 0.356 e. The van der Waals surface area contributed by atoms with E-state index in [0.717, 1.165) is 13.0 Å². The Morgan fingerprint density at radius 2 is 2.17 bits per heavy atom. The van der Waals surface area contributed by atoms with E-state index in [1.54, 1.807) is 6.07 Å². The number of methoxy groups -OCH3 is 1. The van der Waals surface area contributed by atoms with Crippen molar-refractivity contribution in [1.82, 2.24) is 9.88 Å². The summed E-state index contributed by atoms with van der Waals surface area (Å²) in [7, 11) is 5.28. The Bertz CT molecular complexity index is 408.